The molecule has 1 aromatic carbocycles. The lowest BCUT2D eigenvalue weighted by Crippen LogP contribution is -2.23. The highest BCUT2D eigenvalue weighted by Crippen LogP contribution is 2.17. The van der Waals surface area contributed by atoms with Crippen LogP contribution in [0.15, 0.2) is 36.7 Å². The normalized spacial score (nSPS) is 15.3. The van der Waals surface area contributed by atoms with E-state index in [1.54, 1.807) is 12.4 Å². The summed E-state index contributed by atoms with van der Waals surface area (Å²) in [5, 5.41) is 4.03. The first-order valence-electron chi connectivity index (χ1n) is 7.80. The van der Waals surface area contributed by atoms with E-state index < -0.39 is 0 Å². The van der Waals surface area contributed by atoms with Crippen molar-refractivity contribution in [3.8, 4) is 5.88 Å². The monoisotopic (exact) mass is 333 g/mol. The topological polar surface area (TPSA) is 56.3 Å². The molecule has 0 amide bonds. The number of hydrogen-bond acceptors (Lipinski definition) is 5. The molecule has 1 saturated heterocycles. The second-order valence-electron chi connectivity index (χ2n) is 5.60. The lowest BCUT2D eigenvalue weighted by molar-refractivity contribution is 0.0699. The fourth-order valence-corrected chi connectivity index (χ4v) is 2.70. The van der Waals surface area contributed by atoms with Gasteiger partial charge >= 0.3 is 0 Å². The minimum atomic E-state index is 0.415. The van der Waals surface area contributed by atoms with Gasteiger partial charge in [0.1, 0.15) is 12.4 Å². The molecule has 1 aromatic heterocycles. The van der Waals surface area contributed by atoms with Crippen LogP contribution in [0.1, 0.15) is 18.4 Å². The Hall–Kier alpha value is -1.85. The van der Waals surface area contributed by atoms with Crippen molar-refractivity contribution in [2.75, 3.05) is 25.1 Å². The van der Waals surface area contributed by atoms with Crippen LogP contribution in [0.5, 0.6) is 5.88 Å². The standard InChI is InChI=1S/C17H20ClN3O2/c18-15-3-1-2-14(8-15)12-23-17-11-19-10-16(21-17)20-9-13-4-6-22-7-5-13/h1-3,8,10-11,13H,4-7,9,12H2,(H,20,21). The molecule has 2 aromatic rings. The maximum Gasteiger partial charge on any atom is 0.234 e. The molecule has 0 bridgehead atoms. The highest BCUT2D eigenvalue weighted by atomic mass is 35.5. The van der Waals surface area contributed by atoms with E-state index in [0.717, 1.165) is 44.0 Å². The Kier molecular flexibility index (Phi) is 5.66. The Bertz CT molecular complexity index is 633. The van der Waals surface area contributed by atoms with E-state index in [2.05, 4.69) is 15.3 Å². The molecule has 1 N–H and O–H groups in total. The Morgan fingerprint density at radius 1 is 1.26 bits per heavy atom. The molecule has 0 radical (unpaired) electrons. The van der Waals surface area contributed by atoms with Crippen molar-refractivity contribution in [2.24, 2.45) is 5.92 Å². The minimum absolute atomic E-state index is 0.415. The zero-order valence-electron chi connectivity index (χ0n) is 12.9. The van der Waals surface area contributed by atoms with Gasteiger partial charge in [-0.25, -0.2) is 0 Å². The summed E-state index contributed by atoms with van der Waals surface area (Å²) in [5.74, 6) is 1.86. The van der Waals surface area contributed by atoms with Crippen LogP contribution >= 0.6 is 11.6 Å². The second-order valence-corrected chi connectivity index (χ2v) is 6.03. The number of hydrogen-bond donors (Lipinski definition) is 1. The molecule has 3 rings (SSSR count). The second kappa shape index (κ2) is 8.13. The number of rotatable bonds is 6. The summed E-state index contributed by atoms with van der Waals surface area (Å²) in [6.07, 6.45) is 5.51. The van der Waals surface area contributed by atoms with E-state index in [1.807, 2.05) is 24.3 Å². The summed E-state index contributed by atoms with van der Waals surface area (Å²) in [7, 11) is 0. The van der Waals surface area contributed by atoms with Gasteiger partial charge in [0.05, 0.1) is 12.4 Å². The van der Waals surface area contributed by atoms with Gasteiger partial charge in [-0.1, -0.05) is 23.7 Å². The van der Waals surface area contributed by atoms with Gasteiger partial charge in [-0.3, -0.25) is 4.98 Å². The molecule has 122 valence electrons. The highest BCUT2D eigenvalue weighted by molar-refractivity contribution is 6.30. The van der Waals surface area contributed by atoms with E-state index in [0.29, 0.717) is 23.4 Å². The molecule has 0 atom stereocenters. The minimum Gasteiger partial charge on any atom is -0.472 e. The first-order valence-corrected chi connectivity index (χ1v) is 8.18. The van der Waals surface area contributed by atoms with Crippen molar-refractivity contribution in [3.05, 3.63) is 47.2 Å². The molecule has 5 nitrogen and oxygen atoms in total. The Morgan fingerprint density at radius 3 is 2.96 bits per heavy atom. The van der Waals surface area contributed by atoms with Gasteiger partial charge in [0.25, 0.3) is 0 Å². The van der Waals surface area contributed by atoms with Crippen LogP contribution in [0.25, 0.3) is 0 Å². The Balaban J connectivity index is 1.52. The summed E-state index contributed by atoms with van der Waals surface area (Å²) in [6.45, 7) is 3.00. The van der Waals surface area contributed by atoms with Crippen LogP contribution < -0.4 is 10.1 Å². The van der Waals surface area contributed by atoms with Gasteiger partial charge in [-0.2, -0.15) is 4.98 Å². The number of nitrogens with one attached hydrogen (secondary N) is 1. The fourth-order valence-electron chi connectivity index (χ4n) is 2.49. The largest absolute Gasteiger partial charge is 0.472 e. The van der Waals surface area contributed by atoms with Gasteiger partial charge in [0.15, 0.2) is 0 Å². The van der Waals surface area contributed by atoms with Crippen molar-refractivity contribution in [2.45, 2.75) is 19.4 Å². The quantitative estimate of drug-likeness (QED) is 0.876. The number of halogens is 1. The lowest BCUT2D eigenvalue weighted by atomic mass is 10.0. The molecule has 0 spiro atoms. The van der Waals surface area contributed by atoms with E-state index >= 15 is 0 Å². The number of anilines is 1. The number of ether oxygens (including phenoxy) is 2. The first-order chi connectivity index (χ1) is 11.3. The number of aromatic nitrogens is 2. The molecule has 0 saturated carbocycles. The highest BCUT2D eigenvalue weighted by Gasteiger charge is 2.13. The van der Waals surface area contributed by atoms with Crippen molar-refractivity contribution in [1.82, 2.24) is 9.97 Å². The van der Waals surface area contributed by atoms with Gasteiger partial charge in [-0.05, 0) is 36.5 Å². The molecule has 6 heteroatoms. The average molecular weight is 334 g/mol. The number of nitrogens with zero attached hydrogens (tertiary/aromatic N) is 2. The summed E-state index contributed by atoms with van der Waals surface area (Å²) in [5.41, 5.74) is 1.000. The maximum absolute atomic E-state index is 5.96. The van der Waals surface area contributed by atoms with Crippen LogP contribution in [-0.2, 0) is 11.3 Å². The predicted octanol–water partition coefficient (Wildman–Crippen LogP) is 3.55. The molecule has 0 unspecified atom stereocenters. The SMILES string of the molecule is Clc1cccc(COc2cncc(NCC3CCOCC3)n2)c1. The Labute approximate surface area is 141 Å². The van der Waals surface area contributed by atoms with Crippen LogP contribution in [0, 0.1) is 5.92 Å². The van der Waals surface area contributed by atoms with Crippen LogP contribution in [0.3, 0.4) is 0 Å². The molecule has 1 aliphatic rings. The molecular formula is C17H20ClN3O2. The van der Waals surface area contributed by atoms with Gasteiger partial charge in [-0.15, -0.1) is 0 Å². The smallest absolute Gasteiger partial charge is 0.234 e. The van der Waals surface area contributed by atoms with E-state index in [4.69, 9.17) is 21.1 Å². The van der Waals surface area contributed by atoms with Gasteiger partial charge in [0.2, 0.25) is 5.88 Å². The van der Waals surface area contributed by atoms with E-state index in [9.17, 15) is 0 Å². The van der Waals surface area contributed by atoms with Gasteiger partial charge in [0, 0.05) is 24.8 Å². The summed E-state index contributed by atoms with van der Waals surface area (Å²) in [6, 6.07) is 7.58. The van der Waals surface area contributed by atoms with Crippen LogP contribution in [-0.4, -0.2) is 29.7 Å². The van der Waals surface area contributed by atoms with Crippen LogP contribution in [0.2, 0.25) is 5.02 Å². The third-order valence-electron chi connectivity index (χ3n) is 3.80. The summed E-state index contributed by atoms with van der Waals surface area (Å²) < 4.78 is 11.1. The zero-order valence-corrected chi connectivity index (χ0v) is 13.6. The maximum atomic E-state index is 5.96. The molecule has 1 aliphatic heterocycles. The van der Waals surface area contributed by atoms with Crippen molar-refractivity contribution in [1.29, 1.82) is 0 Å². The molecular weight excluding hydrogens is 314 g/mol. The van der Waals surface area contributed by atoms with E-state index in [-0.39, 0.29) is 0 Å². The van der Waals surface area contributed by atoms with E-state index in [1.165, 1.54) is 0 Å². The average Bonchev–Trinajstić information content (AvgIpc) is 2.60. The van der Waals surface area contributed by atoms with Crippen molar-refractivity contribution >= 4 is 17.4 Å². The Morgan fingerprint density at radius 2 is 2.13 bits per heavy atom. The zero-order chi connectivity index (χ0) is 15.9. The summed E-state index contributed by atoms with van der Waals surface area (Å²) >= 11 is 5.96. The molecule has 1 fully saturated rings. The van der Waals surface area contributed by atoms with Crippen molar-refractivity contribution in [3.63, 3.8) is 0 Å². The van der Waals surface area contributed by atoms with Crippen molar-refractivity contribution < 1.29 is 9.47 Å². The number of benzene rings is 1. The predicted molar refractivity (Wildman–Crippen MR) is 89.8 cm³/mol. The van der Waals surface area contributed by atoms with Crippen LogP contribution in [0.4, 0.5) is 5.82 Å². The van der Waals surface area contributed by atoms with Gasteiger partial charge < -0.3 is 14.8 Å². The summed E-state index contributed by atoms with van der Waals surface area (Å²) in [4.78, 5) is 8.61. The lowest BCUT2D eigenvalue weighted by Gasteiger charge is -2.22. The molecule has 0 aliphatic carbocycles. The molecule has 2 heterocycles. The fraction of sp³-hybridized carbons (Fsp3) is 0.412. The third kappa shape index (κ3) is 5.08. The first kappa shape index (κ1) is 16.0. The molecule has 23 heavy (non-hydrogen) atoms. The third-order valence-corrected chi connectivity index (χ3v) is 4.04.